The summed E-state index contributed by atoms with van der Waals surface area (Å²) in [7, 11) is 0. The van der Waals surface area contributed by atoms with Crippen LogP contribution in [0.1, 0.15) is 11.5 Å². The van der Waals surface area contributed by atoms with E-state index in [1.165, 1.54) is 5.56 Å². The molecule has 0 spiro atoms. The van der Waals surface area contributed by atoms with Gasteiger partial charge in [-0.1, -0.05) is 42.5 Å². The molecule has 3 aromatic rings. The Kier molecular flexibility index (Phi) is 3.97. The number of hydrogen-bond donors (Lipinski definition) is 2. The average molecular weight is 317 g/mol. The number of carbonyl (C=O) groups excluding carboxylic acids is 1. The molecule has 4 nitrogen and oxygen atoms in total. The van der Waals surface area contributed by atoms with E-state index in [9.17, 15) is 4.79 Å². The van der Waals surface area contributed by atoms with E-state index < -0.39 is 0 Å². The molecule has 1 amide bonds. The van der Waals surface area contributed by atoms with Crippen LogP contribution in [-0.4, -0.2) is 24.0 Å². The van der Waals surface area contributed by atoms with E-state index in [0.29, 0.717) is 6.54 Å². The fraction of sp³-hybridized carbons (Fsp3) is 0.200. The molecule has 1 saturated heterocycles. The highest BCUT2D eigenvalue weighted by Gasteiger charge is 2.33. The molecule has 2 aromatic carbocycles. The van der Waals surface area contributed by atoms with Gasteiger partial charge >= 0.3 is 0 Å². The van der Waals surface area contributed by atoms with Gasteiger partial charge in [-0.15, -0.1) is 0 Å². The Hall–Kier alpha value is -2.72. The van der Waals surface area contributed by atoms with Crippen LogP contribution in [0.4, 0.5) is 5.69 Å². The van der Waals surface area contributed by atoms with Crippen molar-refractivity contribution >= 4 is 22.4 Å². The Balaban J connectivity index is 1.59. The lowest BCUT2D eigenvalue weighted by Crippen LogP contribution is -2.28. The summed E-state index contributed by atoms with van der Waals surface area (Å²) < 4.78 is 0. The zero-order chi connectivity index (χ0) is 16.4. The average Bonchev–Trinajstić information content (AvgIpc) is 3.13. The molecule has 4 heteroatoms. The third-order valence-electron chi connectivity index (χ3n) is 4.72. The second-order valence-corrected chi connectivity index (χ2v) is 6.17. The van der Waals surface area contributed by atoms with Crippen molar-refractivity contribution in [3.63, 3.8) is 0 Å². The monoisotopic (exact) mass is 317 g/mol. The summed E-state index contributed by atoms with van der Waals surface area (Å²) in [5.41, 5.74) is 2.06. The first kappa shape index (κ1) is 14.8. The smallest absolute Gasteiger partial charge is 0.229 e. The zero-order valence-corrected chi connectivity index (χ0v) is 13.3. The van der Waals surface area contributed by atoms with Gasteiger partial charge in [-0.2, -0.15) is 0 Å². The first-order chi connectivity index (χ1) is 11.8. The Morgan fingerprint density at radius 2 is 1.92 bits per heavy atom. The summed E-state index contributed by atoms with van der Waals surface area (Å²) in [6, 6.07) is 18.1. The van der Waals surface area contributed by atoms with Gasteiger partial charge in [0, 0.05) is 47.9 Å². The van der Waals surface area contributed by atoms with E-state index in [-0.39, 0.29) is 17.7 Å². The van der Waals surface area contributed by atoms with Gasteiger partial charge in [-0.3, -0.25) is 9.78 Å². The van der Waals surface area contributed by atoms with Gasteiger partial charge in [0.2, 0.25) is 5.91 Å². The third-order valence-corrected chi connectivity index (χ3v) is 4.72. The number of hydrogen-bond acceptors (Lipinski definition) is 3. The van der Waals surface area contributed by atoms with E-state index in [0.717, 1.165) is 23.0 Å². The molecule has 0 unspecified atom stereocenters. The molecule has 1 aromatic heterocycles. The van der Waals surface area contributed by atoms with Crippen LogP contribution in [0.5, 0.6) is 0 Å². The number of amides is 1. The van der Waals surface area contributed by atoms with Crippen LogP contribution in [-0.2, 0) is 4.79 Å². The summed E-state index contributed by atoms with van der Waals surface area (Å²) in [6.45, 7) is 1.54. The fourth-order valence-electron chi connectivity index (χ4n) is 3.46. The minimum absolute atomic E-state index is 0.0653. The third kappa shape index (κ3) is 2.76. The minimum Gasteiger partial charge on any atom is -0.325 e. The van der Waals surface area contributed by atoms with E-state index in [2.05, 4.69) is 27.8 Å². The molecule has 0 radical (unpaired) electrons. The van der Waals surface area contributed by atoms with Crippen LogP contribution in [0.2, 0.25) is 0 Å². The minimum atomic E-state index is -0.0653. The number of pyridine rings is 1. The van der Waals surface area contributed by atoms with Crippen LogP contribution >= 0.6 is 0 Å². The number of anilines is 1. The largest absolute Gasteiger partial charge is 0.325 e. The summed E-state index contributed by atoms with van der Waals surface area (Å²) in [6.07, 6.45) is 3.57. The number of carbonyl (C=O) groups is 1. The zero-order valence-electron chi connectivity index (χ0n) is 13.3. The Labute approximate surface area is 140 Å². The highest BCUT2D eigenvalue weighted by Crippen LogP contribution is 2.30. The van der Waals surface area contributed by atoms with E-state index in [1.807, 2.05) is 48.7 Å². The van der Waals surface area contributed by atoms with Crippen molar-refractivity contribution in [1.29, 1.82) is 0 Å². The number of aromatic nitrogens is 1. The summed E-state index contributed by atoms with van der Waals surface area (Å²) in [5, 5.41) is 8.52. The van der Waals surface area contributed by atoms with E-state index in [4.69, 9.17) is 0 Å². The quantitative estimate of drug-likeness (QED) is 0.780. The van der Waals surface area contributed by atoms with Crippen molar-refractivity contribution < 1.29 is 4.79 Å². The molecule has 1 fully saturated rings. The summed E-state index contributed by atoms with van der Waals surface area (Å²) >= 11 is 0. The highest BCUT2D eigenvalue weighted by molar-refractivity contribution is 6.02. The predicted molar refractivity (Wildman–Crippen MR) is 95.9 cm³/mol. The summed E-state index contributed by atoms with van der Waals surface area (Å²) in [5.74, 6) is 0.213. The van der Waals surface area contributed by atoms with Crippen LogP contribution in [0.15, 0.2) is 67.0 Å². The standard InChI is InChI=1S/C20H19N3O/c24-20(18-13-22-12-17(18)14-5-2-1-3-6-14)23-19-8-4-7-15-11-21-10-9-16(15)19/h1-11,17-18,22H,12-13H2,(H,23,24)/t17-,18+/m0/s1. The lowest BCUT2D eigenvalue weighted by atomic mass is 9.88. The maximum absolute atomic E-state index is 12.9. The Morgan fingerprint density at radius 1 is 1.04 bits per heavy atom. The maximum atomic E-state index is 12.9. The van der Waals surface area contributed by atoms with Crippen molar-refractivity contribution in [2.45, 2.75) is 5.92 Å². The molecule has 0 bridgehead atoms. The van der Waals surface area contributed by atoms with Crippen molar-refractivity contribution in [2.75, 3.05) is 18.4 Å². The predicted octanol–water partition coefficient (Wildman–Crippen LogP) is 3.18. The molecule has 4 rings (SSSR count). The van der Waals surface area contributed by atoms with Crippen LogP contribution in [0.3, 0.4) is 0 Å². The first-order valence-corrected chi connectivity index (χ1v) is 8.22. The van der Waals surface area contributed by atoms with Gasteiger partial charge in [0.15, 0.2) is 0 Å². The number of benzene rings is 2. The molecule has 0 aliphatic carbocycles. The molecule has 2 heterocycles. The topological polar surface area (TPSA) is 54.0 Å². The molecule has 2 atom stereocenters. The Morgan fingerprint density at radius 3 is 2.79 bits per heavy atom. The van der Waals surface area contributed by atoms with Gasteiger partial charge in [0.05, 0.1) is 5.92 Å². The second-order valence-electron chi connectivity index (χ2n) is 6.17. The van der Waals surface area contributed by atoms with Gasteiger partial charge < -0.3 is 10.6 Å². The number of rotatable bonds is 3. The lowest BCUT2D eigenvalue weighted by molar-refractivity contribution is -0.119. The Bertz CT molecular complexity index is 858. The van der Waals surface area contributed by atoms with E-state index in [1.54, 1.807) is 6.20 Å². The molecule has 1 aliphatic heterocycles. The fourth-order valence-corrected chi connectivity index (χ4v) is 3.46. The number of nitrogens with zero attached hydrogens (tertiary/aromatic N) is 1. The van der Waals surface area contributed by atoms with Gasteiger partial charge in [0.25, 0.3) is 0 Å². The van der Waals surface area contributed by atoms with Crippen molar-refractivity contribution in [3.8, 4) is 0 Å². The molecule has 120 valence electrons. The molecule has 1 aliphatic rings. The molecule has 2 N–H and O–H groups in total. The van der Waals surface area contributed by atoms with Crippen molar-refractivity contribution in [3.05, 3.63) is 72.6 Å². The SMILES string of the molecule is O=C(Nc1cccc2cnccc12)[C@@H]1CNC[C@H]1c1ccccc1. The van der Waals surface area contributed by atoms with Crippen molar-refractivity contribution in [2.24, 2.45) is 5.92 Å². The second kappa shape index (κ2) is 6.42. The molecular formula is C20H19N3O. The van der Waals surface area contributed by atoms with Gasteiger partial charge in [-0.25, -0.2) is 0 Å². The normalized spacial score (nSPS) is 20.2. The van der Waals surface area contributed by atoms with Crippen molar-refractivity contribution in [1.82, 2.24) is 10.3 Å². The summed E-state index contributed by atoms with van der Waals surface area (Å²) in [4.78, 5) is 17.0. The molecule has 0 saturated carbocycles. The maximum Gasteiger partial charge on any atom is 0.229 e. The van der Waals surface area contributed by atoms with Gasteiger partial charge in [-0.05, 0) is 17.7 Å². The van der Waals surface area contributed by atoms with E-state index >= 15 is 0 Å². The number of fused-ring (bicyclic) bond motifs is 1. The van der Waals surface area contributed by atoms with Crippen LogP contribution in [0, 0.1) is 5.92 Å². The highest BCUT2D eigenvalue weighted by atomic mass is 16.1. The molecular weight excluding hydrogens is 298 g/mol. The lowest BCUT2D eigenvalue weighted by Gasteiger charge is -2.19. The van der Waals surface area contributed by atoms with Gasteiger partial charge in [0.1, 0.15) is 0 Å². The number of nitrogens with one attached hydrogen (secondary N) is 2. The van der Waals surface area contributed by atoms with Crippen LogP contribution < -0.4 is 10.6 Å². The van der Waals surface area contributed by atoms with Crippen LogP contribution in [0.25, 0.3) is 10.8 Å². The first-order valence-electron chi connectivity index (χ1n) is 8.22. The molecule has 24 heavy (non-hydrogen) atoms.